The maximum absolute atomic E-state index is 14.5. The lowest BCUT2D eigenvalue weighted by Gasteiger charge is -2.33. The van der Waals surface area contributed by atoms with Crippen LogP contribution in [0.5, 0.6) is 11.5 Å². The number of anilines is 1. The van der Waals surface area contributed by atoms with Gasteiger partial charge in [-0.1, -0.05) is 38.1 Å². The minimum Gasteiger partial charge on any atom is -0.497 e. The summed E-state index contributed by atoms with van der Waals surface area (Å²) in [7, 11) is 3.16. The summed E-state index contributed by atoms with van der Waals surface area (Å²) in [6, 6.07) is 18.5. The number of morpholine rings is 1. The molecule has 3 aromatic carbocycles. The number of amides is 4. The Morgan fingerprint density at radius 3 is 2.40 bits per heavy atom. The molecule has 2 aliphatic rings. The maximum atomic E-state index is 14.5. The lowest BCUT2D eigenvalue weighted by atomic mass is 10.00. The van der Waals surface area contributed by atoms with Gasteiger partial charge >= 0.3 is 0 Å². The van der Waals surface area contributed by atoms with E-state index >= 15 is 0 Å². The van der Waals surface area contributed by atoms with Gasteiger partial charge in [-0.25, -0.2) is 0 Å². The van der Waals surface area contributed by atoms with Crippen LogP contribution in [0.3, 0.4) is 0 Å². The number of benzene rings is 3. The molecule has 0 aliphatic carbocycles. The average Bonchev–Trinajstić information content (AvgIpc) is 3.15. The van der Waals surface area contributed by atoms with Crippen molar-refractivity contribution in [3.05, 3.63) is 89.0 Å². The number of hydrogen-bond acceptors (Lipinski definition) is 8. The Hall–Kier alpha value is -5.10. The van der Waals surface area contributed by atoms with Gasteiger partial charge in [0.1, 0.15) is 17.5 Å². The molecule has 2 aliphatic heterocycles. The predicted molar refractivity (Wildman–Crippen MR) is 199 cm³/mol. The van der Waals surface area contributed by atoms with Crippen LogP contribution in [0.25, 0.3) is 0 Å². The first-order valence-corrected chi connectivity index (χ1v) is 18.0. The number of fused-ring (bicyclic) bond motifs is 2. The molecule has 1 fully saturated rings. The third-order valence-electron chi connectivity index (χ3n) is 9.36. The molecule has 278 valence electrons. The highest BCUT2D eigenvalue weighted by molar-refractivity contribution is 6.01. The van der Waals surface area contributed by atoms with Gasteiger partial charge < -0.3 is 40.0 Å². The largest absolute Gasteiger partial charge is 0.497 e. The van der Waals surface area contributed by atoms with E-state index < -0.39 is 23.9 Å². The fourth-order valence-corrected chi connectivity index (χ4v) is 6.74. The van der Waals surface area contributed by atoms with Crippen LogP contribution in [-0.2, 0) is 27.2 Å². The number of carbonyl (C=O) groups excluding carboxylic acids is 4. The Labute approximate surface area is 306 Å². The molecule has 2 bridgehead atoms. The summed E-state index contributed by atoms with van der Waals surface area (Å²) in [5.74, 6) is 0.0651. The smallest absolute Gasteiger partial charge is 0.256 e. The minimum atomic E-state index is -0.939. The summed E-state index contributed by atoms with van der Waals surface area (Å²) in [4.78, 5) is 59.6. The third-order valence-corrected chi connectivity index (χ3v) is 9.36. The van der Waals surface area contributed by atoms with Crippen LogP contribution in [0.2, 0.25) is 0 Å². The fourth-order valence-electron chi connectivity index (χ4n) is 6.74. The van der Waals surface area contributed by atoms with E-state index in [9.17, 15) is 19.2 Å². The number of carbonyl (C=O) groups is 4. The number of hydrogen-bond donors (Lipinski definition) is 3. The molecular weight excluding hydrogens is 662 g/mol. The summed E-state index contributed by atoms with van der Waals surface area (Å²) in [6.45, 7) is 6.75. The van der Waals surface area contributed by atoms with Crippen LogP contribution >= 0.6 is 0 Å². The van der Waals surface area contributed by atoms with Crippen molar-refractivity contribution in [1.82, 2.24) is 20.9 Å². The summed E-state index contributed by atoms with van der Waals surface area (Å²) >= 11 is 0. The number of nitrogens with one attached hydrogen (secondary N) is 3. The van der Waals surface area contributed by atoms with Crippen molar-refractivity contribution in [2.75, 3.05) is 65.1 Å². The molecule has 2 atom stereocenters. The second kappa shape index (κ2) is 18.4. The van der Waals surface area contributed by atoms with E-state index in [1.807, 2.05) is 56.3 Å². The van der Waals surface area contributed by atoms with Gasteiger partial charge in [0.05, 0.1) is 39.5 Å². The van der Waals surface area contributed by atoms with Crippen LogP contribution in [-0.4, -0.2) is 101 Å². The van der Waals surface area contributed by atoms with Gasteiger partial charge in [-0.3, -0.25) is 19.2 Å². The summed E-state index contributed by atoms with van der Waals surface area (Å²) in [6.07, 6.45) is 1.87. The van der Waals surface area contributed by atoms with E-state index in [1.165, 1.54) is 4.90 Å². The molecule has 4 amide bonds. The molecule has 0 saturated carbocycles. The van der Waals surface area contributed by atoms with Gasteiger partial charge in [-0.2, -0.15) is 0 Å². The molecule has 12 heteroatoms. The maximum Gasteiger partial charge on any atom is 0.256 e. The molecule has 0 radical (unpaired) electrons. The first kappa shape index (κ1) is 38.1. The number of ether oxygens (including phenoxy) is 3. The van der Waals surface area contributed by atoms with Gasteiger partial charge in [0.25, 0.3) is 11.8 Å². The molecule has 1 saturated heterocycles. The standard InChI is InChI=1S/C40H51N5O7/c1-27(2)22-31-25-45(40(49)33-9-5-6-10-35(33)44-18-20-52-21-19-44)26-37(46)41-17-7-8-29-24-30(13-16-36(29)51-4)38(47)43-34(39(48)42-31)23-28-11-14-32(50-3)15-12-28/h5-6,9-16,24,27,31,34H,7-8,17-23,25-26H2,1-4H3,(H,41,46)(H,42,48)(H,43,47)/t31-,34-/m0/s1. The van der Waals surface area contributed by atoms with Crippen LogP contribution < -0.4 is 30.3 Å². The highest BCUT2D eigenvalue weighted by Crippen LogP contribution is 2.25. The molecule has 2 heterocycles. The Bertz CT molecular complexity index is 1690. The second-order valence-corrected chi connectivity index (χ2v) is 13.7. The molecule has 0 spiro atoms. The molecule has 5 rings (SSSR count). The number of aryl methyl sites for hydroxylation is 1. The van der Waals surface area contributed by atoms with Crippen LogP contribution in [0.15, 0.2) is 66.7 Å². The normalized spacial score (nSPS) is 19.3. The Balaban J connectivity index is 1.50. The summed E-state index contributed by atoms with van der Waals surface area (Å²) in [5, 5.41) is 9.12. The van der Waals surface area contributed by atoms with Gasteiger partial charge in [-0.15, -0.1) is 0 Å². The average molecular weight is 714 g/mol. The molecule has 0 aromatic heterocycles. The molecule has 0 unspecified atom stereocenters. The van der Waals surface area contributed by atoms with E-state index in [2.05, 4.69) is 20.9 Å². The zero-order chi connectivity index (χ0) is 37.0. The van der Waals surface area contributed by atoms with Gasteiger partial charge in [0.15, 0.2) is 0 Å². The van der Waals surface area contributed by atoms with E-state index in [0.717, 1.165) is 16.8 Å². The van der Waals surface area contributed by atoms with Crippen LogP contribution in [0, 0.1) is 5.92 Å². The minimum absolute atomic E-state index is 0.0921. The van der Waals surface area contributed by atoms with Gasteiger partial charge in [0, 0.05) is 49.9 Å². The number of rotatable bonds is 8. The van der Waals surface area contributed by atoms with Crippen LogP contribution in [0.1, 0.15) is 58.5 Å². The van der Waals surface area contributed by atoms with Crippen LogP contribution in [0.4, 0.5) is 5.69 Å². The van der Waals surface area contributed by atoms with Crippen molar-refractivity contribution in [3.63, 3.8) is 0 Å². The Morgan fingerprint density at radius 1 is 0.942 bits per heavy atom. The van der Waals surface area contributed by atoms with Crippen molar-refractivity contribution in [2.24, 2.45) is 5.92 Å². The van der Waals surface area contributed by atoms with Gasteiger partial charge in [-0.05, 0) is 78.8 Å². The second-order valence-electron chi connectivity index (χ2n) is 13.7. The summed E-state index contributed by atoms with van der Waals surface area (Å²) < 4.78 is 16.4. The third kappa shape index (κ3) is 10.2. The van der Waals surface area contributed by atoms with Crippen molar-refractivity contribution in [3.8, 4) is 11.5 Å². The van der Waals surface area contributed by atoms with E-state index in [-0.39, 0.29) is 37.2 Å². The molecule has 3 aromatic rings. The lowest BCUT2D eigenvalue weighted by molar-refractivity contribution is -0.123. The highest BCUT2D eigenvalue weighted by Gasteiger charge is 2.30. The highest BCUT2D eigenvalue weighted by atomic mass is 16.5. The van der Waals surface area contributed by atoms with Crippen molar-refractivity contribution in [2.45, 2.75) is 51.6 Å². The van der Waals surface area contributed by atoms with Crippen molar-refractivity contribution >= 4 is 29.3 Å². The Morgan fingerprint density at radius 2 is 1.69 bits per heavy atom. The first-order chi connectivity index (χ1) is 25.1. The zero-order valence-corrected chi connectivity index (χ0v) is 30.6. The van der Waals surface area contributed by atoms with E-state index in [0.29, 0.717) is 74.7 Å². The zero-order valence-electron chi connectivity index (χ0n) is 30.6. The van der Waals surface area contributed by atoms with Crippen molar-refractivity contribution < 1.29 is 33.4 Å². The topological polar surface area (TPSA) is 139 Å². The monoisotopic (exact) mass is 713 g/mol. The van der Waals surface area contributed by atoms with E-state index in [4.69, 9.17) is 14.2 Å². The first-order valence-electron chi connectivity index (χ1n) is 18.0. The number of para-hydroxylation sites is 1. The SMILES string of the molecule is COc1ccc(C[C@@H]2NC(=O)c3ccc(OC)c(c3)CCCNC(=O)CN(C(=O)c3ccccc3N3CCOCC3)C[C@H](CC(C)C)NC2=O)cc1. The van der Waals surface area contributed by atoms with Crippen molar-refractivity contribution in [1.29, 1.82) is 0 Å². The molecular formula is C40H51N5O7. The fraction of sp³-hybridized carbons (Fsp3) is 0.450. The van der Waals surface area contributed by atoms with Gasteiger partial charge in [0.2, 0.25) is 11.8 Å². The molecule has 52 heavy (non-hydrogen) atoms. The van der Waals surface area contributed by atoms with E-state index in [1.54, 1.807) is 38.5 Å². The quantitative estimate of drug-likeness (QED) is 0.322. The summed E-state index contributed by atoms with van der Waals surface area (Å²) in [5.41, 5.74) is 3.29. The molecule has 12 nitrogen and oxygen atoms in total. The number of nitrogens with zero attached hydrogens (tertiary/aromatic N) is 2. The lowest BCUT2D eigenvalue weighted by Crippen LogP contribution is -2.54. The number of methoxy groups -OCH3 is 2. The Kier molecular flexibility index (Phi) is 13.5. The predicted octanol–water partition coefficient (Wildman–Crippen LogP) is 3.62. The molecule has 3 N–H and O–H groups in total.